The van der Waals surface area contributed by atoms with Crippen molar-refractivity contribution in [2.24, 2.45) is 5.92 Å². The molecule has 0 aromatic heterocycles. The van der Waals surface area contributed by atoms with Gasteiger partial charge in [-0.2, -0.15) is 0 Å². The molecule has 1 saturated heterocycles. The molecule has 102 valence electrons. The molecule has 1 aliphatic heterocycles. The van der Waals surface area contributed by atoms with Gasteiger partial charge >= 0.3 is 5.97 Å². The van der Waals surface area contributed by atoms with Crippen LogP contribution in [0.5, 0.6) is 0 Å². The number of ether oxygens (including phenoxy) is 2. The van der Waals surface area contributed by atoms with E-state index in [1.165, 1.54) is 6.92 Å². The molecule has 2 rings (SSSR count). The van der Waals surface area contributed by atoms with Gasteiger partial charge in [0.25, 0.3) is 0 Å². The second-order valence-corrected chi connectivity index (χ2v) is 4.93. The van der Waals surface area contributed by atoms with Gasteiger partial charge in [-0.1, -0.05) is 30.3 Å². The molecule has 0 N–H and O–H groups in total. The van der Waals surface area contributed by atoms with E-state index in [1.54, 1.807) is 6.92 Å². The lowest BCUT2D eigenvalue weighted by Crippen LogP contribution is -2.51. The van der Waals surface area contributed by atoms with Crippen LogP contribution in [0.3, 0.4) is 0 Å². The Labute approximate surface area is 112 Å². The van der Waals surface area contributed by atoms with E-state index in [4.69, 9.17) is 9.47 Å². The lowest BCUT2D eigenvalue weighted by Gasteiger charge is -2.37. The lowest BCUT2D eigenvalue weighted by atomic mass is 9.92. The summed E-state index contributed by atoms with van der Waals surface area (Å²) in [5.74, 6) is -0.379. The SMILES string of the molecule is CC(=O)C[C@H](OCc1ccccc1)[C@@H]1OC(=O)[C@H]1C. The second kappa shape index (κ2) is 5.97. The molecular formula is C15H18O4. The first-order valence-electron chi connectivity index (χ1n) is 6.43. The van der Waals surface area contributed by atoms with E-state index in [2.05, 4.69) is 0 Å². The fraction of sp³-hybridized carbons (Fsp3) is 0.467. The summed E-state index contributed by atoms with van der Waals surface area (Å²) in [6.45, 7) is 3.74. The van der Waals surface area contributed by atoms with E-state index < -0.39 is 0 Å². The summed E-state index contributed by atoms with van der Waals surface area (Å²) in [5.41, 5.74) is 1.04. The van der Waals surface area contributed by atoms with Crippen LogP contribution >= 0.6 is 0 Å². The molecule has 19 heavy (non-hydrogen) atoms. The van der Waals surface area contributed by atoms with Crippen LogP contribution in [-0.2, 0) is 25.7 Å². The van der Waals surface area contributed by atoms with Gasteiger partial charge in [-0.05, 0) is 19.4 Å². The highest BCUT2D eigenvalue weighted by atomic mass is 16.6. The zero-order valence-electron chi connectivity index (χ0n) is 11.2. The summed E-state index contributed by atoms with van der Waals surface area (Å²) in [7, 11) is 0. The first kappa shape index (κ1) is 13.7. The van der Waals surface area contributed by atoms with E-state index >= 15 is 0 Å². The summed E-state index contributed by atoms with van der Waals surface area (Å²) in [5, 5.41) is 0. The van der Waals surface area contributed by atoms with Crippen LogP contribution < -0.4 is 0 Å². The Morgan fingerprint density at radius 2 is 2.05 bits per heavy atom. The topological polar surface area (TPSA) is 52.6 Å². The number of hydrogen-bond donors (Lipinski definition) is 0. The third kappa shape index (κ3) is 3.41. The van der Waals surface area contributed by atoms with E-state index in [-0.39, 0.29) is 36.3 Å². The minimum Gasteiger partial charge on any atom is -0.458 e. The largest absolute Gasteiger partial charge is 0.458 e. The molecule has 1 fully saturated rings. The number of cyclic esters (lactones) is 1. The summed E-state index contributed by atoms with van der Waals surface area (Å²) in [4.78, 5) is 22.4. The summed E-state index contributed by atoms with van der Waals surface area (Å²) >= 11 is 0. The van der Waals surface area contributed by atoms with Crippen LogP contribution in [-0.4, -0.2) is 24.0 Å². The summed E-state index contributed by atoms with van der Waals surface area (Å²) < 4.78 is 10.9. The maximum absolute atomic E-state index is 11.3. The van der Waals surface area contributed by atoms with Crippen molar-refractivity contribution in [1.82, 2.24) is 0 Å². The third-order valence-corrected chi connectivity index (χ3v) is 3.28. The minimum atomic E-state index is -0.356. The standard InChI is InChI=1S/C15H18O4/c1-10(16)8-13(14-11(2)15(17)19-14)18-9-12-6-4-3-5-7-12/h3-7,11,13-14H,8-9H2,1-2H3/t11-,13-,14+/m0/s1. The molecule has 1 aromatic carbocycles. The highest BCUT2D eigenvalue weighted by Gasteiger charge is 2.44. The van der Waals surface area contributed by atoms with Gasteiger partial charge in [0.05, 0.1) is 12.5 Å². The molecule has 1 aromatic rings. The van der Waals surface area contributed by atoms with Crippen molar-refractivity contribution in [3.05, 3.63) is 35.9 Å². The Bertz CT molecular complexity index is 454. The van der Waals surface area contributed by atoms with Crippen molar-refractivity contribution in [3.8, 4) is 0 Å². The van der Waals surface area contributed by atoms with Crippen molar-refractivity contribution in [2.75, 3.05) is 0 Å². The number of carbonyl (C=O) groups excluding carboxylic acids is 2. The number of hydrogen-bond acceptors (Lipinski definition) is 4. The van der Waals surface area contributed by atoms with Gasteiger partial charge in [-0.25, -0.2) is 0 Å². The quantitative estimate of drug-likeness (QED) is 0.737. The average molecular weight is 262 g/mol. The van der Waals surface area contributed by atoms with Crippen molar-refractivity contribution in [2.45, 2.75) is 39.1 Å². The van der Waals surface area contributed by atoms with Gasteiger partial charge in [0.15, 0.2) is 0 Å². The van der Waals surface area contributed by atoms with E-state index in [0.29, 0.717) is 6.61 Å². The fourth-order valence-corrected chi connectivity index (χ4v) is 2.13. The van der Waals surface area contributed by atoms with Gasteiger partial charge in [-0.3, -0.25) is 9.59 Å². The fourth-order valence-electron chi connectivity index (χ4n) is 2.13. The van der Waals surface area contributed by atoms with Gasteiger partial charge in [0.2, 0.25) is 0 Å². The molecule has 1 heterocycles. The minimum absolute atomic E-state index is 0.0354. The highest BCUT2D eigenvalue weighted by Crippen LogP contribution is 2.28. The predicted molar refractivity (Wildman–Crippen MR) is 69.4 cm³/mol. The van der Waals surface area contributed by atoms with Gasteiger partial charge in [0.1, 0.15) is 18.0 Å². The number of benzene rings is 1. The summed E-state index contributed by atoms with van der Waals surface area (Å²) in [6, 6.07) is 9.73. The Morgan fingerprint density at radius 1 is 1.37 bits per heavy atom. The van der Waals surface area contributed by atoms with E-state index in [1.807, 2.05) is 30.3 Å². The monoisotopic (exact) mass is 262 g/mol. The Hall–Kier alpha value is -1.68. The smallest absolute Gasteiger partial charge is 0.312 e. The van der Waals surface area contributed by atoms with Crippen molar-refractivity contribution in [3.63, 3.8) is 0 Å². The first-order chi connectivity index (χ1) is 9.08. The molecule has 0 saturated carbocycles. The number of esters is 1. The average Bonchev–Trinajstić information content (AvgIpc) is 2.41. The Morgan fingerprint density at radius 3 is 2.58 bits per heavy atom. The molecule has 0 bridgehead atoms. The van der Waals surface area contributed by atoms with E-state index in [9.17, 15) is 9.59 Å². The maximum Gasteiger partial charge on any atom is 0.312 e. The maximum atomic E-state index is 11.3. The molecule has 0 aliphatic carbocycles. The molecule has 0 radical (unpaired) electrons. The Balaban J connectivity index is 1.94. The lowest BCUT2D eigenvalue weighted by molar-refractivity contribution is -0.202. The van der Waals surface area contributed by atoms with Crippen LogP contribution in [0.4, 0.5) is 0 Å². The molecule has 4 nitrogen and oxygen atoms in total. The Kier molecular flexibility index (Phi) is 4.32. The molecule has 0 spiro atoms. The predicted octanol–water partition coefficient (Wildman–Crippen LogP) is 2.11. The zero-order chi connectivity index (χ0) is 13.8. The molecule has 3 atom stereocenters. The van der Waals surface area contributed by atoms with Crippen LogP contribution in [0.1, 0.15) is 25.8 Å². The molecule has 4 heteroatoms. The van der Waals surface area contributed by atoms with Crippen LogP contribution in [0.2, 0.25) is 0 Å². The molecule has 0 unspecified atom stereocenters. The molecule has 1 aliphatic rings. The number of carbonyl (C=O) groups is 2. The zero-order valence-corrected chi connectivity index (χ0v) is 11.2. The second-order valence-electron chi connectivity index (χ2n) is 4.93. The summed E-state index contributed by atoms with van der Waals surface area (Å²) in [6.07, 6.45) is -0.389. The van der Waals surface area contributed by atoms with Crippen LogP contribution in [0.25, 0.3) is 0 Å². The molecule has 0 amide bonds. The third-order valence-electron chi connectivity index (χ3n) is 3.28. The van der Waals surface area contributed by atoms with Crippen LogP contribution in [0.15, 0.2) is 30.3 Å². The van der Waals surface area contributed by atoms with Crippen LogP contribution in [0, 0.1) is 5.92 Å². The van der Waals surface area contributed by atoms with Crippen molar-refractivity contribution >= 4 is 11.8 Å². The van der Waals surface area contributed by atoms with E-state index in [0.717, 1.165) is 5.56 Å². The van der Waals surface area contributed by atoms with Gasteiger partial charge < -0.3 is 9.47 Å². The van der Waals surface area contributed by atoms with Gasteiger partial charge in [-0.15, -0.1) is 0 Å². The van der Waals surface area contributed by atoms with Gasteiger partial charge in [0, 0.05) is 6.42 Å². The number of ketones is 1. The number of rotatable bonds is 6. The molecular weight excluding hydrogens is 244 g/mol. The van der Waals surface area contributed by atoms with Crippen molar-refractivity contribution in [1.29, 1.82) is 0 Å². The highest BCUT2D eigenvalue weighted by molar-refractivity contribution is 5.80. The normalized spacial score (nSPS) is 23.4. The van der Waals surface area contributed by atoms with Crippen molar-refractivity contribution < 1.29 is 19.1 Å². The first-order valence-corrected chi connectivity index (χ1v) is 6.43. The number of Topliss-reactive ketones (excluding diaryl/α,β-unsaturated/α-hetero) is 1.